The van der Waals surface area contributed by atoms with Crippen LogP contribution in [0.2, 0.25) is 0 Å². The number of hydrogen-bond donors (Lipinski definition) is 2. The number of hydrogen-bond acceptors (Lipinski definition) is 4. The number of halogens is 1. The lowest BCUT2D eigenvalue weighted by atomic mass is 10.2. The largest absolute Gasteiger partial charge is 0.355 e. The van der Waals surface area contributed by atoms with Gasteiger partial charge in [-0.25, -0.2) is 0 Å². The Kier molecular flexibility index (Phi) is 9.89. The van der Waals surface area contributed by atoms with E-state index in [1.807, 2.05) is 6.92 Å². The van der Waals surface area contributed by atoms with Crippen LogP contribution in [0.25, 0.3) is 0 Å². The first-order chi connectivity index (χ1) is 13.7. The van der Waals surface area contributed by atoms with E-state index in [0.29, 0.717) is 6.04 Å². The van der Waals surface area contributed by atoms with Crippen LogP contribution in [0.1, 0.15) is 56.2 Å². The van der Waals surface area contributed by atoms with Crippen LogP contribution in [0.15, 0.2) is 17.4 Å². The quantitative estimate of drug-likeness (QED) is 0.233. The van der Waals surface area contributed by atoms with E-state index >= 15 is 0 Å². The molecular weight excluding hydrogens is 479 g/mol. The van der Waals surface area contributed by atoms with Gasteiger partial charge in [-0.3, -0.25) is 9.67 Å². The molecule has 2 N–H and O–H groups in total. The van der Waals surface area contributed by atoms with E-state index in [2.05, 4.69) is 55.1 Å². The molecule has 0 bridgehead atoms. The zero-order valence-corrected chi connectivity index (χ0v) is 20.2. The summed E-state index contributed by atoms with van der Waals surface area (Å²) in [6, 6.07) is 2.66. The molecule has 1 saturated carbocycles. The first-order valence-corrected chi connectivity index (χ1v) is 10.6. The molecule has 0 spiro atoms. The molecule has 0 aromatic carbocycles. The van der Waals surface area contributed by atoms with Crippen LogP contribution in [0.3, 0.4) is 0 Å². The van der Waals surface area contributed by atoms with Gasteiger partial charge in [0.2, 0.25) is 0 Å². The van der Waals surface area contributed by atoms with Gasteiger partial charge in [0.1, 0.15) is 12.2 Å². The molecule has 2 aromatic rings. The predicted octanol–water partition coefficient (Wildman–Crippen LogP) is 2.84. The number of aliphatic imine (C=N–C) groups is 1. The van der Waals surface area contributed by atoms with Crippen LogP contribution >= 0.6 is 24.0 Å². The van der Waals surface area contributed by atoms with Gasteiger partial charge in [0, 0.05) is 44.3 Å². The minimum Gasteiger partial charge on any atom is -0.355 e. The van der Waals surface area contributed by atoms with E-state index in [0.717, 1.165) is 56.5 Å². The van der Waals surface area contributed by atoms with Gasteiger partial charge in [0.05, 0.1) is 5.69 Å². The molecule has 162 valence electrons. The average molecular weight is 514 g/mol. The van der Waals surface area contributed by atoms with Crippen LogP contribution in [0.4, 0.5) is 0 Å². The van der Waals surface area contributed by atoms with Gasteiger partial charge < -0.3 is 15.2 Å². The topological polar surface area (TPSA) is 85.0 Å². The van der Waals surface area contributed by atoms with E-state index in [4.69, 9.17) is 4.99 Å². The molecule has 9 heteroatoms. The van der Waals surface area contributed by atoms with Gasteiger partial charge in [-0.05, 0) is 39.2 Å². The molecule has 1 aliphatic carbocycles. The van der Waals surface area contributed by atoms with Gasteiger partial charge in [0.25, 0.3) is 0 Å². The summed E-state index contributed by atoms with van der Waals surface area (Å²) in [4.78, 5) is 4.81. The van der Waals surface area contributed by atoms with Crippen molar-refractivity contribution in [2.24, 2.45) is 4.99 Å². The molecule has 2 heterocycles. The van der Waals surface area contributed by atoms with Crippen molar-refractivity contribution in [2.75, 3.05) is 13.1 Å². The molecule has 2 aromatic heterocycles. The minimum atomic E-state index is 0. The molecule has 1 fully saturated rings. The highest BCUT2D eigenvalue weighted by Crippen LogP contribution is 2.17. The van der Waals surface area contributed by atoms with Gasteiger partial charge in [-0.1, -0.05) is 19.8 Å². The number of guanidine groups is 1. The zero-order chi connectivity index (χ0) is 19.8. The lowest BCUT2D eigenvalue weighted by Crippen LogP contribution is -2.43. The van der Waals surface area contributed by atoms with E-state index in [1.165, 1.54) is 31.4 Å². The third kappa shape index (κ3) is 7.27. The summed E-state index contributed by atoms with van der Waals surface area (Å²) in [6.45, 7) is 9.58. The smallest absolute Gasteiger partial charge is 0.191 e. The Balaban J connectivity index is 0.00000300. The molecule has 0 radical (unpaired) electrons. The monoisotopic (exact) mass is 514 g/mol. The normalized spacial score (nSPS) is 14.8. The van der Waals surface area contributed by atoms with Crippen molar-refractivity contribution < 1.29 is 0 Å². The van der Waals surface area contributed by atoms with Gasteiger partial charge in [-0.15, -0.1) is 34.2 Å². The molecule has 0 saturated heterocycles. The van der Waals surface area contributed by atoms with Crippen molar-refractivity contribution >= 4 is 29.9 Å². The van der Waals surface area contributed by atoms with Crippen LogP contribution in [-0.2, 0) is 19.5 Å². The predicted molar refractivity (Wildman–Crippen MR) is 127 cm³/mol. The van der Waals surface area contributed by atoms with Crippen LogP contribution in [0.5, 0.6) is 0 Å². The zero-order valence-electron chi connectivity index (χ0n) is 17.9. The van der Waals surface area contributed by atoms with Crippen LogP contribution in [0, 0.1) is 13.8 Å². The lowest BCUT2D eigenvalue weighted by Gasteiger charge is -2.18. The molecule has 1 aliphatic rings. The molecular formula is C20H35IN8. The number of rotatable bonds is 9. The molecule has 0 aliphatic heterocycles. The Morgan fingerprint density at radius 3 is 2.72 bits per heavy atom. The summed E-state index contributed by atoms with van der Waals surface area (Å²) < 4.78 is 4.17. The van der Waals surface area contributed by atoms with Crippen molar-refractivity contribution in [3.63, 3.8) is 0 Å². The SMILES string of the molecule is CCc1nncn1CCNC(=NCCCn1nc(C)cc1C)NC1CCCC1.I. The Morgan fingerprint density at radius 2 is 2.03 bits per heavy atom. The highest BCUT2D eigenvalue weighted by atomic mass is 127. The van der Waals surface area contributed by atoms with E-state index in [9.17, 15) is 0 Å². The summed E-state index contributed by atoms with van der Waals surface area (Å²) >= 11 is 0. The second-order valence-corrected chi connectivity index (χ2v) is 7.58. The standard InChI is InChI=1S/C20H34N8.HI/c1-4-19-25-23-15-27(19)13-11-22-20(24-18-8-5-6-9-18)21-10-7-12-28-17(3)14-16(2)26-28;/h14-15,18H,4-13H2,1-3H3,(H2,21,22,24);1H. The fourth-order valence-electron chi connectivity index (χ4n) is 3.76. The van der Waals surface area contributed by atoms with Crippen molar-refractivity contribution in [1.82, 2.24) is 35.2 Å². The summed E-state index contributed by atoms with van der Waals surface area (Å²) in [7, 11) is 0. The summed E-state index contributed by atoms with van der Waals surface area (Å²) in [6.07, 6.45) is 8.76. The van der Waals surface area contributed by atoms with E-state index < -0.39 is 0 Å². The summed E-state index contributed by atoms with van der Waals surface area (Å²) in [5.74, 6) is 1.94. The van der Waals surface area contributed by atoms with E-state index in [1.54, 1.807) is 6.33 Å². The highest BCUT2D eigenvalue weighted by molar-refractivity contribution is 14.0. The number of aryl methyl sites for hydroxylation is 4. The number of nitrogens with zero attached hydrogens (tertiary/aromatic N) is 6. The summed E-state index contributed by atoms with van der Waals surface area (Å²) in [5, 5.41) is 19.8. The molecule has 0 unspecified atom stereocenters. The number of nitrogens with one attached hydrogen (secondary N) is 2. The van der Waals surface area contributed by atoms with Crippen molar-refractivity contribution in [3.05, 3.63) is 29.6 Å². The highest BCUT2D eigenvalue weighted by Gasteiger charge is 2.16. The number of aromatic nitrogens is 5. The Morgan fingerprint density at radius 1 is 1.24 bits per heavy atom. The maximum atomic E-state index is 4.81. The molecule has 0 atom stereocenters. The van der Waals surface area contributed by atoms with Crippen molar-refractivity contribution in [2.45, 2.75) is 78.4 Å². The lowest BCUT2D eigenvalue weighted by molar-refractivity contribution is 0.561. The van der Waals surface area contributed by atoms with Gasteiger partial charge in [-0.2, -0.15) is 5.10 Å². The van der Waals surface area contributed by atoms with Crippen LogP contribution in [-0.4, -0.2) is 49.6 Å². The maximum Gasteiger partial charge on any atom is 0.191 e. The Hall–Kier alpha value is -1.65. The first-order valence-electron chi connectivity index (χ1n) is 10.6. The molecule has 3 rings (SSSR count). The molecule has 29 heavy (non-hydrogen) atoms. The minimum absolute atomic E-state index is 0. The fraction of sp³-hybridized carbons (Fsp3) is 0.700. The first kappa shape index (κ1) is 23.6. The van der Waals surface area contributed by atoms with E-state index in [-0.39, 0.29) is 24.0 Å². The Bertz CT molecular complexity index is 760. The van der Waals surface area contributed by atoms with Crippen LogP contribution < -0.4 is 10.6 Å². The molecule has 0 amide bonds. The third-order valence-electron chi connectivity index (χ3n) is 5.25. The summed E-state index contributed by atoms with van der Waals surface area (Å²) in [5.41, 5.74) is 2.29. The van der Waals surface area contributed by atoms with Gasteiger partial charge in [0.15, 0.2) is 5.96 Å². The second kappa shape index (κ2) is 12.1. The van der Waals surface area contributed by atoms with Crippen molar-refractivity contribution in [3.8, 4) is 0 Å². The molecule has 8 nitrogen and oxygen atoms in total. The second-order valence-electron chi connectivity index (χ2n) is 7.58. The third-order valence-corrected chi connectivity index (χ3v) is 5.25. The van der Waals surface area contributed by atoms with Crippen molar-refractivity contribution in [1.29, 1.82) is 0 Å². The average Bonchev–Trinajstić information content (AvgIpc) is 3.40. The van der Waals surface area contributed by atoms with Gasteiger partial charge >= 0.3 is 0 Å². The Labute approximate surface area is 191 Å². The fourth-order valence-corrected chi connectivity index (χ4v) is 3.76. The maximum absolute atomic E-state index is 4.81.